The molecule has 4 rings (SSSR count). The number of aromatic nitrogens is 2. The molecule has 0 spiro atoms. The average Bonchev–Trinajstić information content (AvgIpc) is 3.43. The number of nitrogens with one attached hydrogen (secondary N) is 2. The van der Waals surface area contributed by atoms with Gasteiger partial charge in [0.25, 0.3) is 0 Å². The molecule has 3 heterocycles. The summed E-state index contributed by atoms with van der Waals surface area (Å²) in [6, 6.07) is 6.83. The lowest BCUT2D eigenvalue weighted by Gasteiger charge is -2.10. The lowest BCUT2D eigenvalue weighted by atomic mass is 10.0. The Hall–Kier alpha value is -2.80. The number of H-pyrrole nitrogens is 1. The summed E-state index contributed by atoms with van der Waals surface area (Å²) in [5.74, 6) is -2.80. The van der Waals surface area contributed by atoms with E-state index in [-0.39, 0.29) is 21.2 Å². The fourth-order valence-electron chi connectivity index (χ4n) is 3.23. The van der Waals surface area contributed by atoms with Gasteiger partial charge in [-0.05, 0) is 36.8 Å². The van der Waals surface area contributed by atoms with Crippen molar-refractivity contribution in [1.29, 1.82) is 0 Å². The van der Waals surface area contributed by atoms with Gasteiger partial charge in [-0.3, -0.25) is 4.79 Å². The van der Waals surface area contributed by atoms with E-state index in [0.29, 0.717) is 27.9 Å². The molecule has 2 unspecified atom stereocenters. The first-order chi connectivity index (χ1) is 15.8. The first kappa shape index (κ1) is 23.4. The normalized spacial score (nSPS) is 13.2. The molecule has 0 bridgehead atoms. The zero-order chi connectivity index (χ0) is 23.7. The molecular weight excluding hydrogens is 492 g/mol. The number of ketones is 1. The summed E-state index contributed by atoms with van der Waals surface area (Å²) in [6.45, 7) is 1.81. The molecule has 172 valence electrons. The van der Waals surface area contributed by atoms with E-state index in [2.05, 4.69) is 14.7 Å². The van der Waals surface area contributed by atoms with Gasteiger partial charge in [-0.1, -0.05) is 6.92 Å². The quantitative estimate of drug-likeness (QED) is 0.232. The zero-order valence-corrected chi connectivity index (χ0v) is 19.5. The van der Waals surface area contributed by atoms with Crippen molar-refractivity contribution in [2.45, 2.75) is 17.6 Å². The summed E-state index contributed by atoms with van der Waals surface area (Å²) in [5, 5.41) is 0.337. The number of nitrogens with zero attached hydrogens (tertiary/aromatic N) is 1. The summed E-state index contributed by atoms with van der Waals surface area (Å²) in [6.07, 6.45) is 3.44. The monoisotopic (exact) mass is 509 g/mol. The topological polar surface area (TPSA) is 112 Å². The van der Waals surface area contributed by atoms with Crippen molar-refractivity contribution in [2.75, 3.05) is 10.5 Å². The molecule has 0 aliphatic heterocycles. The number of pyridine rings is 1. The maximum absolute atomic E-state index is 15.1. The van der Waals surface area contributed by atoms with Crippen LogP contribution in [0.15, 0.2) is 46.9 Å². The number of benzene rings is 1. The maximum atomic E-state index is 15.1. The zero-order valence-electron chi connectivity index (χ0n) is 17.1. The van der Waals surface area contributed by atoms with Gasteiger partial charge in [-0.15, -0.1) is 11.3 Å². The van der Waals surface area contributed by atoms with Crippen molar-refractivity contribution in [2.24, 2.45) is 0 Å². The molecular formula is C21H17F2N3O4S3. The van der Waals surface area contributed by atoms with Crippen LogP contribution in [0.1, 0.15) is 29.3 Å². The molecule has 0 radical (unpaired) electrons. The van der Waals surface area contributed by atoms with Crippen molar-refractivity contribution in [3.8, 4) is 10.4 Å². The summed E-state index contributed by atoms with van der Waals surface area (Å²) in [7, 11) is -1.57. The van der Waals surface area contributed by atoms with Gasteiger partial charge < -0.3 is 14.3 Å². The summed E-state index contributed by atoms with van der Waals surface area (Å²) in [4.78, 5) is 20.9. The smallest absolute Gasteiger partial charge is 0.201 e. The number of carbonyl (C=O) groups is 1. The minimum absolute atomic E-state index is 0.00601. The fourth-order valence-corrected chi connectivity index (χ4v) is 5.56. The van der Waals surface area contributed by atoms with Crippen molar-refractivity contribution < 1.29 is 26.5 Å². The first-order valence-electron chi connectivity index (χ1n) is 9.66. The van der Waals surface area contributed by atoms with Crippen LogP contribution in [-0.2, 0) is 22.1 Å². The number of anilines is 1. The number of fused-ring (bicyclic) bond motifs is 1. The molecule has 3 aromatic heterocycles. The third-order valence-corrected chi connectivity index (χ3v) is 8.06. The van der Waals surface area contributed by atoms with Gasteiger partial charge >= 0.3 is 0 Å². The number of hydrogen-bond acceptors (Lipinski definition) is 5. The SMILES string of the molecule is CCCS(=O)Nc1ccc(F)c(C(=O)c2c[nH]c3ncc(-c4ccc(S(=O)O)s4)cc23)c1F. The predicted octanol–water partition coefficient (Wildman–Crippen LogP) is 4.87. The van der Waals surface area contributed by atoms with Crippen LogP contribution in [0.4, 0.5) is 14.5 Å². The molecule has 12 heteroatoms. The fraction of sp³-hybridized carbons (Fsp3) is 0.143. The molecule has 1 aromatic carbocycles. The van der Waals surface area contributed by atoms with E-state index < -0.39 is 45.0 Å². The Kier molecular flexibility index (Phi) is 6.79. The van der Waals surface area contributed by atoms with Gasteiger partial charge in [0, 0.05) is 39.5 Å². The third-order valence-electron chi connectivity index (χ3n) is 4.75. The Morgan fingerprint density at radius 2 is 2.03 bits per heavy atom. The molecule has 0 aliphatic rings. The van der Waals surface area contributed by atoms with Crippen LogP contribution < -0.4 is 4.72 Å². The van der Waals surface area contributed by atoms with Gasteiger partial charge in [0.1, 0.15) is 26.7 Å². The van der Waals surface area contributed by atoms with Gasteiger partial charge in [-0.2, -0.15) is 0 Å². The number of thiophene rings is 1. The molecule has 0 fully saturated rings. The highest BCUT2D eigenvalue weighted by molar-refractivity contribution is 7.86. The van der Waals surface area contributed by atoms with E-state index in [1.54, 1.807) is 12.1 Å². The summed E-state index contributed by atoms with van der Waals surface area (Å²) in [5.41, 5.74) is -0.0818. The average molecular weight is 510 g/mol. The number of hydrogen-bond donors (Lipinski definition) is 3. The van der Waals surface area contributed by atoms with E-state index in [1.807, 2.05) is 6.92 Å². The van der Waals surface area contributed by atoms with Crippen LogP contribution in [0.2, 0.25) is 0 Å². The van der Waals surface area contributed by atoms with Crippen molar-refractivity contribution in [3.05, 3.63) is 65.5 Å². The van der Waals surface area contributed by atoms with Crippen molar-refractivity contribution >= 4 is 55.9 Å². The summed E-state index contributed by atoms with van der Waals surface area (Å²) >= 11 is -1.03. The predicted molar refractivity (Wildman–Crippen MR) is 125 cm³/mol. The molecule has 33 heavy (non-hydrogen) atoms. The number of aromatic amines is 1. The van der Waals surface area contributed by atoms with Crippen LogP contribution in [0.5, 0.6) is 0 Å². The highest BCUT2D eigenvalue weighted by atomic mass is 32.2. The second-order valence-corrected chi connectivity index (χ2v) is 10.5. The largest absolute Gasteiger partial charge is 0.345 e. The first-order valence-corrected chi connectivity index (χ1v) is 12.9. The van der Waals surface area contributed by atoms with E-state index >= 15 is 4.39 Å². The van der Waals surface area contributed by atoms with E-state index in [9.17, 15) is 22.2 Å². The minimum atomic E-state index is -2.12. The molecule has 7 nitrogen and oxygen atoms in total. The number of halogens is 2. The maximum Gasteiger partial charge on any atom is 0.201 e. The standard InChI is InChI=1S/C21H17F2N3O4S3/c1-2-7-32(28)26-15-4-3-14(22)18(19(15)23)20(27)13-10-25-21-12(13)8-11(9-24-21)16-5-6-17(31-16)33(29)30/h3-6,8-10,26H,2,7H2,1H3,(H,24,25)(H,29,30). The third kappa shape index (κ3) is 4.64. The van der Waals surface area contributed by atoms with E-state index in [4.69, 9.17) is 0 Å². The van der Waals surface area contributed by atoms with E-state index in [0.717, 1.165) is 23.5 Å². The Morgan fingerprint density at radius 1 is 1.24 bits per heavy atom. The molecule has 0 aliphatic carbocycles. The van der Waals surface area contributed by atoms with E-state index in [1.165, 1.54) is 18.5 Å². The number of rotatable bonds is 8. The van der Waals surface area contributed by atoms with Crippen LogP contribution >= 0.6 is 11.3 Å². The molecule has 0 amide bonds. The lowest BCUT2D eigenvalue weighted by molar-refractivity contribution is 0.103. The second kappa shape index (κ2) is 9.59. The van der Waals surface area contributed by atoms with Crippen molar-refractivity contribution in [3.63, 3.8) is 0 Å². The Bertz CT molecular complexity index is 1420. The van der Waals surface area contributed by atoms with Gasteiger partial charge in [0.05, 0.1) is 11.3 Å². The van der Waals surface area contributed by atoms with Gasteiger partial charge in [0.15, 0.2) is 16.9 Å². The molecule has 2 atom stereocenters. The van der Waals surface area contributed by atoms with Crippen LogP contribution in [0, 0.1) is 11.6 Å². The highest BCUT2D eigenvalue weighted by Gasteiger charge is 2.25. The van der Waals surface area contributed by atoms with Crippen LogP contribution in [0.3, 0.4) is 0 Å². The van der Waals surface area contributed by atoms with Crippen molar-refractivity contribution in [1.82, 2.24) is 9.97 Å². The van der Waals surface area contributed by atoms with Gasteiger partial charge in [-0.25, -0.2) is 22.2 Å². The number of carbonyl (C=O) groups excluding carboxylic acids is 1. The highest BCUT2D eigenvalue weighted by Crippen LogP contribution is 2.33. The van der Waals surface area contributed by atoms with Crippen LogP contribution in [-0.4, -0.2) is 34.5 Å². The minimum Gasteiger partial charge on any atom is -0.345 e. The molecule has 0 saturated heterocycles. The van der Waals surface area contributed by atoms with Gasteiger partial charge in [0.2, 0.25) is 5.78 Å². The molecule has 4 aromatic rings. The second-order valence-electron chi connectivity index (χ2n) is 6.96. The Morgan fingerprint density at radius 3 is 2.73 bits per heavy atom. The van der Waals surface area contributed by atoms with Crippen LogP contribution in [0.25, 0.3) is 21.5 Å². The Labute approximate surface area is 196 Å². The lowest BCUT2D eigenvalue weighted by Crippen LogP contribution is -2.13. The molecule has 3 N–H and O–H groups in total. The Balaban J connectivity index is 1.75. The molecule has 0 saturated carbocycles. The summed E-state index contributed by atoms with van der Waals surface area (Å²) < 4.78 is 64.8.